The second-order valence-electron chi connectivity index (χ2n) is 5.53. The molecule has 1 fully saturated rings. The zero-order chi connectivity index (χ0) is 14.7. The van der Waals surface area contributed by atoms with E-state index in [9.17, 15) is 0 Å². The molecule has 0 amide bonds. The molecule has 0 aliphatic carbocycles. The Hall–Kier alpha value is -2.17. The zero-order valence-corrected chi connectivity index (χ0v) is 12.6. The molecule has 5 nitrogen and oxygen atoms in total. The molecule has 110 valence electrons. The Morgan fingerprint density at radius 3 is 2.95 bits per heavy atom. The molecule has 1 atom stereocenters. The van der Waals surface area contributed by atoms with Crippen LogP contribution in [0.3, 0.4) is 0 Å². The van der Waals surface area contributed by atoms with E-state index in [1.165, 1.54) is 18.4 Å². The number of piperidine rings is 1. The average Bonchev–Trinajstić information content (AvgIpc) is 2.55. The summed E-state index contributed by atoms with van der Waals surface area (Å²) < 4.78 is 0. The number of nitrogens with zero attached hydrogens (tertiary/aromatic N) is 4. The molecule has 0 spiro atoms. The van der Waals surface area contributed by atoms with Crippen molar-refractivity contribution < 1.29 is 0 Å². The first kappa shape index (κ1) is 13.8. The van der Waals surface area contributed by atoms with Gasteiger partial charge in [-0.25, -0.2) is 15.0 Å². The van der Waals surface area contributed by atoms with E-state index in [4.69, 9.17) is 0 Å². The SMILES string of the molecule is CNc1cc([C@H]2CCCN(c3cc(C)ncn3)C2)ccn1. The highest BCUT2D eigenvalue weighted by atomic mass is 15.2. The summed E-state index contributed by atoms with van der Waals surface area (Å²) in [6.07, 6.45) is 5.94. The third-order valence-corrected chi connectivity index (χ3v) is 4.05. The fourth-order valence-electron chi connectivity index (χ4n) is 2.91. The van der Waals surface area contributed by atoms with Crippen LogP contribution in [0.25, 0.3) is 0 Å². The molecule has 5 heteroatoms. The first-order valence-electron chi connectivity index (χ1n) is 7.43. The van der Waals surface area contributed by atoms with Gasteiger partial charge in [-0.3, -0.25) is 0 Å². The minimum absolute atomic E-state index is 0.532. The van der Waals surface area contributed by atoms with Gasteiger partial charge >= 0.3 is 0 Å². The number of aryl methyl sites for hydroxylation is 1. The van der Waals surface area contributed by atoms with Crippen LogP contribution in [0.4, 0.5) is 11.6 Å². The topological polar surface area (TPSA) is 53.9 Å². The molecule has 0 saturated carbocycles. The van der Waals surface area contributed by atoms with Gasteiger partial charge in [0.15, 0.2) is 0 Å². The number of anilines is 2. The van der Waals surface area contributed by atoms with Gasteiger partial charge in [-0.05, 0) is 37.5 Å². The molecule has 0 bridgehead atoms. The molecular formula is C16H21N5. The van der Waals surface area contributed by atoms with Gasteiger partial charge in [0.25, 0.3) is 0 Å². The predicted molar refractivity (Wildman–Crippen MR) is 84.7 cm³/mol. The van der Waals surface area contributed by atoms with E-state index in [-0.39, 0.29) is 0 Å². The van der Waals surface area contributed by atoms with Crippen molar-refractivity contribution >= 4 is 11.6 Å². The maximum atomic E-state index is 4.42. The van der Waals surface area contributed by atoms with Crippen molar-refractivity contribution in [2.75, 3.05) is 30.4 Å². The predicted octanol–water partition coefficient (Wildman–Crippen LogP) is 2.61. The second-order valence-corrected chi connectivity index (χ2v) is 5.53. The van der Waals surface area contributed by atoms with Gasteiger partial charge < -0.3 is 10.2 Å². The Morgan fingerprint density at radius 2 is 2.14 bits per heavy atom. The zero-order valence-electron chi connectivity index (χ0n) is 12.6. The molecule has 0 radical (unpaired) electrons. The number of hydrogen-bond donors (Lipinski definition) is 1. The lowest BCUT2D eigenvalue weighted by Gasteiger charge is -2.34. The van der Waals surface area contributed by atoms with Gasteiger partial charge in [0.2, 0.25) is 0 Å². The highest BCUT2D eigenvalue weighted by Crippen LogP contribution is 2.29. The fourth-order valence-corrected chi connectivity index (χ4v) is 2.91. The van der Waals surface area contributed by atoms with Crippen molar-refractivity contribution in [3.05, 3.63) is 42.0 Å². The Bertz CT molecular complexity index is 613. The van der Waals surface area contributed by atoms with Crippen molar-refractivity contribution in [2.24, 2.45) is 0 Å². The molecular weight excluding hydrogens is 262 g/mol. The van der Waals surface area contributed by atoms with Gasteiger partial charge in [0.05, 0.1) is 0 Å². The monoisotopic (exact) mass is 283 g/mol. The molecule has 3 rings (SSSR count). The van der Waals surface area contributed by atoms with Crippen LogP contribution in [-0.4, -0.2) is 35.1 Å². The van der Waals surface area contributed by atoms with Crippen LogP contribution >= 0.6 is 0 Å². The smallest absolute Gasteiger partial charge is 0.132 e. The van der Waals surface area contributed by atoms with E-state index in [2.05, 4.69) is 43.4 Å². The van der Waals surface area contributed by atoms with Crippen LogP contribution in [-0.2, 0) is 0 Å². The van der Waals surface area contributed by atoms with E-state index in [0.29, 0.717) is 5.92 Å². The maximum Gasteiger partial charge on any atom is 0.132 e. The third kappa shape index (κ3) is 3.12. The van der Waals surface area contributed by atoms with Crippen molar-refractivity contribution in [1.29, 1.82) is 0 Å². The second kappa shape index (κ2) is 6.08. The summed E-state index contributed by atoms with van der Waals surface area (Å²) in [6.45, 7) is 4.08. The molecule has 2 aromatic rings. The van der Waals surface area contributed by atoms with E-state index >= 15 is 0 Å². The Kier molecular flexibility index (Phi) is 3.99. The van der Waals surface area contributed by atoms with Gasteiger partial charge in [-0.2, -0.15) is 0 Å². The molecule has 1 aliphatic rings. The molecule has 1 saturated heterocycles. The Labute approximate surface area is 125 Å². The molecule has 1 N–H and O–H groups in total. The standard InChI is InChI=1S/C16H21N5/c1-12-8-16(20-11-19-12)21-7-3-4-14(10-21)13-5-6-18-15(9-13)17-2/h5-6,8-9,11,14H,3-4,7,10H2,1-2H3,(H,17,18)/t14-/m0/s1. The average molecular weight is 283 g/mol. The number of nitrogens with one attached hydrogen (secondary N) is 1. The van der Waals surface area contributed by atoms with Crippen molar-refractivity contribution in [2.45, 2.75) is 25.7 Å². The summed E-state index contributed by atoms with van der Waals surface area (Å²) in [5, 5.41) is 3.11. The summed E-state index contributed by atoms with van der Waals surface area (Å²) >= 11 is 0. The molecule has 1 aliphatic heterocycles. The molecule has 2 aromatic heterocycles. The van der Waals surface area contributed by atoms with E-state index in [0.717, 1.165) is 30.4 Å². The first-order valence-corrected chi connectivity index (χ1v) is 7.43. The van der Waals surface area contributed by atoms with Crippen molar-refractivity contribution in [1.82, 2.24) is 15.0 Å². The Balaban J connectivity index is 1.79. The summed E-state index contributed by atoms with van der Waals surface area (Å²) in [4.78, 5) is 15.3. The van der Waals surface area contributed by atoms with Crippen LogP contribution in [0, 0.1) is 6.92 Å². The van der Waals surface area contributed by atoms with Crippen molar-refractivity contribution in [3.8, 4) is 0 Å². The highest BCUT2D eigenvalue weighted by molar-refractivity contribution is 5.42. The highest BCUT2D eigenvalue weighted by Gasteiger charge is 2.22. The lowest BCUT2D eigenvalue weighted by Crippen LogP contribution is -2.35. The maximum absolute atomic E-state index is 4.42. The quantitative estimate of drug-likeness (QED) is 0.938. The van der Waals surface area contributed by atoms with E-state index in [1.807, 2.05) is 20.2 Å². The van der Waals surface area contributed by atoms with E-state index < -0.39 is 0 Å². The molecule has 21 heavy (non-hydrogen) atoms. The number of pyridine rings is 1. The summed E-state index contributed by atoms with van der Waals surface area (Å²) in [5.74, 6) is 2.50. The largest absolute Gasteiger partial charge is 0.373 e. The van der Waals surface area contributed by atoms with Gasteiger partial charge in [-0.1, -0.05) is 0 Å². The third-order valence-electron chi connectivity index (χ3n) is 4.05. The number of rotatable bonds is 3. The lowest BCUT2D eigenvalue weighted by molar-refractivity contribution is 0.506. The van der Waals surface area contributed by atoms with Crippen molar-refractivity contribution in [3.63, 3.8) is 0 Å². The summed E-state index contributed by atoms with van der Waals surface area (Å²) in [5.41, 5.74) is 2.37. The van der Waals surface area contributed by atoms with Gasteiger partial charge in [-0.15, -0.1) is 0 Å². The molecule has 3 heterocycles. The first-order chi connectivity index (χ1) is 10.3. The summed E-state index contributed by atoms with van der Waals surface area (Å²) in [6, 6.07) is 6.34. The minimum Gasteiger partial charge on any atom is -0.373 e. The van der Waals surface area contributed by atoms with Crippen LogP contribution in [0.15, 0.2) is 30.7 Å². The minimum atomic E-state index is 0.532. The van der Waals surface area contributed by atoms with Crippen LogP contribution in [0.1, 0.15) is 30.0 Å². The molecule has 0 aromatic carbocycles. The van der Waals surface area contributed by atoms with Gasteiger partial charge in [0, 0.05) is 44.0 Å². The van der Waals surface area contributed by atoms with E-state index in [1.54, 1.807) is 6.33 Å². The summed E-state index contributed by atoms with van der Waals surface area (Å²) in [7, 11) is 1.91. The number of aromatic nitrogens is 3. The number of hydrogen-bond acceptors (Lipinski definition) is 5. The normalized spacial score (nSPS) is 18.6. The van der Waals surface area contributed by atoms with Crippen LogP contribution in [0.2, 0.25) is 0 Å². The lowest BCUT2D eigenvalue weighted by atomic mass is 9.91. The Morgan fingerprint density at radius 1 is 1.24 bits per heavy atom. The van der Waals surface area contributed by atoms with Gasteiger partial charge in [0.1, 0.15) is 18.0 Å². The van der Waals surface area contributed by atoms with Crippen LogP contribution < -0.4 is 10.2 Å². The molecule has 0 unspecified atom stereocenters. The fraction of sp³-hybridized carbons (Fsp3) is 0.438. The van der Waals surface area contributed by atoms with Crippen LogP contribution in [0.5, 0.6) is 0 Å².